The van der Waals surface area contributed by atoms with E-state index < -0.39 is 34.2 Å². The Balaban J connectivity index is 2.30. The van der Waals surface area contributed by atoms with E-state index in [1.807, 2.05) is 0 Å². The fourth-order valence-electron chi connectivity index (χ4n) is 1.17. The van der Waals surface area contributed by atoms with Crippen molar-refractivity contribution < 1.29 is 26.3 Å². The van der Waals surface area contributed by atoms with Crippen LogP contribution in [0.3, 0.4) is 0 Å². The molecule has 13 heteroatoms. The topological polar surface area (TPSA) is 82.5 Å². The van der Waals surface area contributed by atoms with Crippen molar-refractivity contribution in [2.24, 2.45) is 0 Å². The summed E-state index contributed by atoms with van der Waals surface area (Å²) in [6.45, 7) is 0. The van der Waals surface area contributed by atoms with Gasteiger partial charge in [-0.05, 0) is 17.8 Å². The van der Waals surface area contributed by atoms with Crippen LogP contribution in [0.25, 0.3) is 0 Å². The number of hydrogen-bond donors (Lipinski definition) is 1. The van der Waals surface area contributed by atoms with Gasteiger partial charge in [0.05, 0.1) is 0 Å². The van der Waals surface area contributed by atoms with E-state index in [0.717, 1.165) is 6.20 Å². The molecule has 0 saturated heterocycles. The van der Waals surface area contributed by atoms with Gasteiger partial charge in [-0.3, -0.25) is 0 Å². The summed E-state index contributed by atoms with van der Waals surface area (Å²) in [4.78, 5) is 6.66. The molecule has 0 unspecified atom stereocenters. The highest BCUT2D eigenvalue weighted by Gasteiger charge is 2.38. The fourth-order valence-corrected chi connectivity index (χ4v) is 1.86. The number of rotatable bonds is 2. The third kappa shape index (κ3) is 3.34. The maximum Gasteiger partial charge on any atom is 0.453 e. The second kappa shape index (κ2) is 5.05. The van der Waals surface area contributed by atoms with Crippen LogP contribution in [0.1, 0.15) is 11.5 Å². The molecule has 0 spiro atoms. The number of halogens is 6. The first kappa shape index (κ1) is 15.3. The zero-order valence-electron chi connectivity index (χ0n) is 9.64. The monoisotopic (exact) mass is 330 g/mol. The summed E-state index contributed by atoms with van der Waals surface area (Å²) in [6, 6.07) is 0.623. The van der Waals surface area contributed by atoms with E-state index in [-0.39, 0.29) is 4.68 Å². The first-order valence-electron chi connectivity index (χ1n) is 4.95. The molecule has 0 fully saturated rings. The normalized spacial score (nSPS) is 12.7. The lowest BCUT2D eigenvalue weighted by Gasteiger charge is -2.07. The Bertz CT molecular complexity index is 649. The van der Waals surface area contributed by atoms with Crippen molar-refractivity contribution in [2.75, 3.05) is 5.84 Å². The van der Waals surface area contributed by atoms with Gasteiger partial charge in [-0.2, -0.15) is 26.3 Å². The molecule has 0 saturated carbocycles. The molecule has 21 heavy (non-hydrogen) atoms. The Labute approximate surface area is 116 Å². The molecule has 2 aromatic heterocycles. The number of aromatic nitrogens is 5. The first-order valence-corrected chi connectivity index (χ1v) is 5.76. The molecular formula is C8H4F6N6S. The summed E-state index contributed by atoms with van der Waals surface area (Å²) in [5.74, 6) is 3.65. The van der Waals surface area contributed by atoms with E-state index in [4.69, 9.17) is 5.84 Å². The van der Waals surface area contributed by atoms with Crippen LogP contribution in [-0.4, -0.2) is 24.8 Å². The molecule has 2 N–H and O–H groups in total. The fraction of sp³-hybridized carbons (Fsp3) is 0.250. The molecule has 0 bridgehead atoms. The van der Waals surface area contributed by atoms with E-state index in [0.29, 0.717) is 17.8 Å². The molecule has 0 aromatic carbocycles. The average molecular weight is 330 g/mol. The molecule has 0 atom stereocenters. The van der Waals surface area contributed by atoms with E-state index in [2.05, 4.69) is 20.2 Å². The van der Waals surface area contributed by atoms with E-state index >= 15 is 0 Å². The van der Waals surface area contributed by atoms with Gasteiger partial charge < -0.3 is 5.84 Å². The van der Waals surface area contributed by atoms with Crippen molar-refractivity contribution in [1.29, 1.82) is 0 Å². The summed E-state index contributed by atoms with van der Waals surface area (Å²) in [6.07, 6.45) is -8.72. The van der Waals surface area contributed by atoms with Crippen LogP contribution in [-0.2, 0) is 12.4 Å². The molecule has 0 aliphatic carbocycles. The zero-order valence-corrected chi connectivity index (χ0v) is 10.5. The van der Waals surface area contributed by atoms with Crippen LogP contribution >= 0.6 is 11.8 Å². The van der Waals surface area contributed by atoms with E-state index in [9.17, 15) is 26.3 Å². The van der Waals surface area contributed by atoms with Gasteiger partial charge in [0.2, 0.25) is 5.16 Å². The molecule has 0 aliphatic rings. The highest BCUT2D eigenvalue weighted by Crippen LogP contribution is 2.32. The third-order valence-electron chi connectivity index (χ3n) is 2.02. The standard InChI is InChI=1S/C8H4F6N6S/c9-7(10,11)3-1-2-16-5(17-3)21-6-19-18-4(20(6)15)8(12,13)14/h1-2H,15H2. The van der Waals surface area contributed by atoms with Gasteiger partial charge in [-0.25, -0.2) is 14.6 Å². The number of nitrogens with zero attached hydrogens (tertiary/aromatic N) is 5. The average Bonchev–Trinajstić information content (AvgIpc) is 2.70. The predicted molar refractivity (Wildman–Crippen MR) is 56.3 cm³/mol. The zero-order chi connectivity index (χ0) is 15.8. The van der Waals surface area contributed by atoms with Crippen LogP contribution in [0.4, 0.5) is 26.3 Å². The Morgan fingerprint density at radius 3 is 2.24 bits per heavy atom. The lowest BCUT2D eigenvalue weighted by atomic mass is 10.4. The third-order valence-corrected chi connectivity index (χ3v) is 2.86. The summed E-state index contributed by atoms with van der Waals surface area (Å²) in [5.41, 5.74) is -1.24. The number of nitrogens with two attached hydrogens (primary N) is 1. The SMILES string of the molecule is Nn1c(Sc2nccc(C(F)(F)F)n2)nnc1C(F)(F)F. The minimum Gasteiger partial charge on any atom is -0.335 e. The van der Waals surface area contributed by atoms with Gasteiger partial charge in [0, 0.05) is 6.20 Å². The van der Waals surface area contributed by atoms with Crippen molar-refractivity contribution in [3.8, 4) is 0 Å². The van der Waals surface area contributed by atoms with Crippen LogP contribution < -0.4 is 5.84 Å². The van der Waals surface area contributed by atoms with Crippen LogP contribution in [0.15, 0.2) is 22.6 Å². The lowest BCUT2D eigenvalue weighted by Crippen LogP contribution is -2.21. The molecule has 0 amide bonds. The minimum atomic E-state index is -4.84. The van der Waals surface area contributed by atoms with Gasteiger partial charge >= 0.3 is 12.4 Å². The Morgan fingerprint density at radius 1 is 1.05 bits per heavy atom. The number of alkyl halides is 6. The van der Waals surface area contributed by atoms with Crippen molar-refractivity contribution in [2.45, 2.75) is 22.7 Å². The predicted octanol–water partition coefficient (Wildman–Crippen LogP) is 1.97. The molecule has 2 aromatic rings. The van der Waals surface area contributed by atoms with Crippen LogP contribution in [0.5, 0.6) is 0 Å². The van der Waals surface area contributed by atoms with Crippen molar-refractivity contribution in [1.82, 2.24) is 24.8 Å². The van der Waals surface area contributed by atoms with Gasteiger partial charge in [0.15, 0.2) is 5.16 Å². The van der Waals surface area contributed by atoms with Gasteiger partial charge in [0.1, 0.15) is 5.69 Å². The number of hydrogen-bond acceptors (Lipinski definition) is 6. The van der Waals surface area contributed by atoms with Crippen molar-refractivity contribution >= 4 is 11.8 Å². The summed E-state index contributed by atoms with van der Waals surface area (Å²) in [7, 11) is 0. The van der Waals surface area contributed by atoms with E-state index in [1.54, 1.807) is 0 Å². The van der Waals surface area contributed by atoms with Crippen LogP contribution in [0, 0.1) is 0 Å². The van der Waals surface area contributed by atoms with Crippen molar-refractivity contribution in [3.63, 3.8) is 0 Å². The lowest BCUT2D eigenvalue weighted by molar-refractivity contribution is -0.146. The summed E-state index contributed by atoms with van der Waals surface area (Å²) >= 11 is 0.324. The quantitative estimate of drug-likeness (QED) is 0.515. The smallest absolute Gasteiger partial charge is 0.335 e. The first-order chi connectivity index (χ1) is 9.59. The highest BCUT2D eigenvalue weighted by atomic mass is 32.2. The van der Waals surface area contributed by atoms with Gasteiger partial charge in [-0.15, -0.1) is 10.2 Å². The van der Waals surface area contributed by atoms with Gasteiger partial charge in [0.25, 0.3) is 5.82 Å². The minimum absolute atomic E-state index is 0.105. The molecular weight excluding hydrogens is 326 g/mol. The largest absolute Gasteiger partial charge is 0.453 e. The van der Waals surface area contributed by atoms with Crippen molar-refractivity contribution in [3.05, 3.63) is 23.8 Å². The maximum atomic E-state index is 12.4. The Kier molecular flexibility index (Phi) is 3.69. The Morgan fingerprint density at radius 2 is 1.71 bits per heavy atom. The molecule has 6 nitrogen and oxygen atoms in total. The second-order valence-corrected chi connectivity index (χ2v) is 4.43. The second-order valence-electron chi connectivity index (χ2n) is 3.50. The molecule has 2 rings (SSSR count). The van der Waals surface area contributed by atoms with Crippen LogP contribution in [0.2, 0.25) is 0 Å². The summed E-state index contributed by atoms with van der Waals surface area (Å²) in [5, 5.41) is 5.00. The molecule has 0 aliphatic heterocycles. The molecule has 114 valence electrons. The Hall–Kier alpha value is -2.05. The summed E-state index contributed by atoms with van der Waals surface area (Å²) < 4.78 is 74.7. The number of nitrogen functional groups attached to an aromatic ring is 1. The molecule has 2 heterocycles. The molecule has 0 radical (unpaired) electrons. The highest BCUT2D eigenvalue weighted by molar-refractivity contribution is 7.99. The van der Waals surface area contributed by atoms with Gasteiger partial charge in [-0.1, -0.05) is 0 Å². The maximum absolute atomic E-state index is 12.4. The van der Waals surface area contributed by atoms with E-state index in [1.165, 1.54) is 0 Å².